The van der Waals surface area contributed by atoms with E-state index in [2.05, 4.69) is 0 Å². The predicted molar refractivity (Wildman–Crippen MR) is 81.4 cm³/mol. The first-order chi connectivity index (χ1) is 11.2. The Kier molecular flexibility index (Phi) is 4.74. The quantitative estimate of drug-likeness (QED) is 0.622. The van der Waals surface area contributed by atoms with Crippen LogP contribution in [0, 0.1) is 21.4 Å². The lowest BCUT2D eigenvalue weighted by atomic mass is 10.1. The number of rotatable bonds is 4. The minimum atomic E-state index is -4.39. The van der Waals surface area contributed by atoms with Crippen molar-refractivity contribution in [3.05, 3.63) is 69.3 Å². The highest BCUT2D eigenvalue weighted by Gasteiger charge is 2.29. The van der Waals surface area contributed by atoms with Crippen molar-refractivity contribution < 1.29 is 18.1 Å². The number of nitro groups is 1. The molecule has 24 heavy (non-hydrogen) atoms. The molecule has 0 unspecified atom stereocenters. The minimum absolute atomic E-state index is 0.124. The van der Waals surface area contributed by atoms with Crippen molar-refractivity contribution >= 4 is 11.4 Å². The molecule has 0 saturated carbocycles. The van der Waals surface area contributed by atoms with Gasteiger partial charge in [0.25, 0.3) is 5.69 Å². The third-order valence-corrected chi connectivity index (χ3v) is 3.42. The summed E-state index contributed by atoms with van der Waals surface area (Å²) < 4.78 is 37.6. The van der Waals surface area contributed by atoms with E-state index in [1.54, 1.807) is 11.9 Å². The van der Waals surface area contributed by atoms with Crippen molar-refractivity contribution in [3.8, 4) is 6.07 Å². The van der Waals surface area contributed by atoms with Crippen molar-refractivity contribution in [2.75, 3.05) is 11.9 Å². The smallest absolute Gasteiger partial charge is 0.369 e. The van der Waals surface area contributed by atoms with Crippen LogP contribution in [0.3, 0.4) is 0 Å². The number of hydrogen-bond acceptors (Lipinski definition) is 4. The summed E-state index contributed by atoms with van der Waals surface area (Å²) in [5.74, 6) is 0. The van der Waals surface area contributed by atoms with Crippen LogP contribution in [0.4, 0.5) is 24.5 Å². The maximum absolute atomic E-state index is 12.5. The van der Waals surface area contributed by atoms with Gasteiger partial charge in [-0.05, 0) is 23.8 Å². The van der Waals surface area contributed by atoms with Gasteiger partial charge in [0.2, 0.25) is 0 Å². The molecular formula is C16H12F3N3O2. The molecule has 5 nitrogen and oxygen atoms in total. The average Bonchev–Trinajstić information content (AvgIpc) is 2.53. The van der Waals surface area contributed by atoms with E-state index in [1.807, 2.05) is 6.07 Å². The Morgan fingerprint density at radius 2 is 1.83 bits per heavy atom. The van der Waals surface area contributed by atoms with Crippen LogP contribution in [0.5, 0.6) is 0 Å². The van der Waals surface area contributed by atoms with E-state index in [0.29, 0.717) is 11.3 Å². The maximum atomic E-state index is 12.5. The van der Waals surface area contributed by atoms with Gasteiger partial charge in [0.05, 0.1) is 21.7 Å². The van der Waals surface area contributed by atoms with Crippen molar-refractivity contribution in [2.45, 2.75) is 12.7 Å². The first-order valence-electron chi connectivity index (χ1n) is 6.78. The van der Waals surface area contributed by atoms with Crippen LogP contribution < -0.4 is 4.90 Å². The van der Waals surface area contributed by atoms with E-state index < -0.39 is 16.7 Å². The third-order valence-electron chi connectivity index (χ3n) is 3.42. The van der Waals surface area contributed by atoms with Gasteiger partial charge >= 0.3 is 6.18 Å². The van der Waals surface area contributed by atoms with Gasteiger partial charge in [0.1, 0.15) is 6.07 Å². The van der Waals surface area contributed by atoms with Gasteiger partial charge in [0, 0.05) is 25.7 Å². The molecule has 0 aliphatic rings. The minimum Gasteiger partial charge on any atom is -0.369 e. The fourth-order valence-corrected chi connectivity index (χ4v) is 2.22. The summed E-state index contributed by atoms with van der Waals surface area (Å²) in [5.41, 5.74) is 0.273. The van der Waals surface area contributed by atoms with Crippen LogP contribution >= 0.6 is 0 Å². The van der Waals surface area contributed by atoms with Crippen LogP contribution in [0.15, 0.2) is 42.5 Å². The summed E-state index contributed by atoms with van der Waals surface area (Å²) in [6.07, 6.45) is -4.39. The molecule has 0 aliphatic heterocycles. The number of nitriles is 1. The number of alkyl halides is 3. The normalized spacial score (nSPS) is 11.0. The molecule has 0 aromatic heterocycles. The topological polar surface area (TPSA) is 70.2 Å². The third kappa shape index (κ3) is 3.81. The number of non-ortho nitro benzene ring substituents is 1. The molecular weight excluding hydrogens is 323 g/mol. The van der Waals surface area contributed by atoms with Crippen molar-refractivity contribution in [3.63, 3.8) is 0 Å². The van der Waals surface area contributed by atoms with Gasteiger partial charge in [-0.15, -0.1) is 0 Å². The Labute approximate surface area is 135 Å². The van der Waals surface area contributed by atoms with Crippen molar-refractivity contribution in [1.29, 1.82) is 5.26 Å². The summed E-state index contributed by atoms with van der Waals surface area (Å²) >= 11 is 0. The summed E-state index contributed by atoms with van der Waals surface area (Å²) in [6, 6.07) is 10.5. The first-order valence-corrected chi connectivity index (χ1v) is 6.78. The first kappa shape index (κ1) is 17.3. The van der Waals surface area contributed by atoms with E-state index in [9.17, 15) is 23.3 Å². The predicted octanol–water partition coefficient (Wildman–Crippen LogP) is 4.12. The van der Waals surface area contributed by atoms with Gasteiger partial charge in [-0.25, -0.2) is 0 Å². The molecule has 0 radical (unpaired) electrons. The Balaban J connectivity index is 2.22. The summed E-state index contributed by atoms with van der Waals surface area (Å²) in [6.45, 7) is 0.255. The summed E-state index contributed by atoms with van der Waals surface area (Å²) in [5, 5.41) is 19.9. The molecule has 0 amide bonds. The molecule has 0 atom stereocenters. The van der Waals surface area contributed by atoms with Gasteiger partial charge in [-0.3, -0.25) is 10.1 Å². The number of nitro benzene ring substituents is 1. The molecule has 0 spiro atoms. The molecule has 0 bridgehead atoms. The Bertz CT molecular complexity index is 796. The Morgan fingerprint density at radius 1 is 1.21 bits per heavy atom. The molecule has 0 heterocycles. The van der Waals surface area contributed by atoms with Gasteiger partial charge in [-0.1, -0.05) is 12.1 Å². The van der Waals surface area contributed by atoms with Crippen LogP contribution in [0.1, 0.15) is 16.7 Å². The molecule has 2 rings (SSSR count). The lowest BCUT2D eigenvalue weighted by Crippen LogP contribution is -2.17. The fourth-order valence-electron chi connectivity index (χ4n) is 2.22. The van der Waals surface area contributed by atoms with Crippen molar-refractivity contribution in [2.24, 2.45) is 0 Å². The number of benzene rings is 2. The molecule has 0 aliphatic carbocycles. The van der Waals surface area contributed by atoms with E-state index >= 15 is 0 Å². The summed E-state index contributed by atoms with van der Waals surface area (Å²) in [7, 11) is 1.65. The summed E-state index contributed by atoms with van der Waals surface area (Å²) in [4.78, 5) is 11.8. The van der Waals surface area contributed by atoms with Gasteiger partial charge in [-0.2, -0.15) is 18.4 Å². The zero-order chi connectivity index (χ0) is 17.9. The highest BCUT2D eigenvalue weighted by atomic mass is 19.4. The van der Waals surface area contributed by atoms with Crippen LogP contribution in [-0.2, 0) is 12.7 Å². The number of nitrogens with zero attached hydrogens (tertiary/aromatic N) is 3. The zero-order valence-electron chi connectivity index (χ0n) is 12.5. The molecule has 0 N–H and O–H groups in total. The van der Waals surface area contributed by atoms with Gasteiger partial charge in [0.15, 0.2) is 0 Å². The van der Waals surface area contributed by atoms with E-state index in [1.165, 1.54) is 30.3 Å². The van der Waals surface area contributed by atoms with Gasteiger partial charge < -0.3 is 4.90 Å². The SMILES string of the molecule is CN(Cc1ccc(C(F)(F)F)cc1)c1ccc([N+](=O)[O-])cc1C#N. The van der Waals surface area contributed by atoms with Crippen LogP contribution in [-0.4, -0.2) is 12.0 Å². The second kappa shape index (κ2) is 6.58. The molecule has 124 valence electrons. The fraction of sp³-hybridized carbons (Fsp3) is 0.188. The standard InChI is InChI=1S/C16H12F3N3O2/c1-21(10-11-2-4-13(5-3-11)16(17,18)19)15-7-6-14(22(23)24)8-12(15)9-20/h2-8H,10H2,1H3. The van der Waals surface area contributed by atoms with Crippen LogP contribution in [0.25, 0.3) is 0 Å². The van der Waals surface area contributed by atoms with Crippen LogP contribution in [0.2, 0.25) is 0 Å². The zero-order valence-corrected chi connectivity index (χ0v) is 12.5. The van der Waals surface area contributed by atoms with E-state index in [-0.39, 0.29) is 17.8 Å². The lowest BCUT2D eigenvalue weighted by molar-refractivity contribution is -0.384. The number of anilines is 1. The second-order valence-electron chi connectivity index (χ2n) is 5.12. The Morgan fingerprint density at radius 3 is 2.33 bits per heavy atom. The van der Waals surface area contributed by atoms with E-state index in [4.69, 9.17) is 5.26 Å². The lowest BCUT2D eigenvalue weighted by Gasteiger charge is -2.20. The second-order valence-corrected chi connectivity index (χ2v) is 5.12. The molecule has 0 saturated heterocycles. The monoisotopic (exact) mass is 335 g/mol. The van der Waals surface area contributed by atoms with Crippen molar-refractivity contribution in [1.82, 2.24) is 0 Å². The maximum Gasteiger partial charge on any atom is 0.416 e. The molecule has 2 aromatic carbocycles. The number of hydrogen-bond donors (Lipinski definition) is 0. The largest absolute Gasteiger partial charge is 0.416 e. The highest BCUT2D eigenvalue weighted by Crippen LogP contribution is 2.30. The number of halogens is 3. The highest BCUT2D eigenvalue weighted by molar-refractivity contribution is 5.62. The van der Waals surface area contributed by atoms with E-state index in [0.717, 1.165) is 12.1 Å². The molecule has 0 fully saturated rings. The molecule has 2 aromatic rings. The Hall–Kier alpha value is -3.08. The average molecular weight is 335 g/mol. The molecule has 8 heteroatoms.